The summed E-state index contributed by atoms with van der Waals surface area (Å²) in [7, 11) is 0. The van der Waals surface area contributed by atoms with Crippen molar-refractivity contribution in [2.45, 2.75) is 25.8 Å². The Morgan fingerprint density at radius 3 is 2.59 bits per heavy atom. The Hall–Kier alpha value is -4.17. The molecule has 3 aromatic rings. The van der Waals surface area contributed by atoms with E-state index < -0.39 is 11.6 Å². The predicted molar refractivity (Wildman–Crippen MR) is 139 cm³/mol. The van der Waals surface area contributed by atoms with Crippen LogP contribution in [0.4, 0.5) is 20.2 Å². The highest BCUT2D eigenvalue weighted by atomic mass is 19.2. The van der Waals surface area contributed by atoms with Gasteiger partial charge in [-0.05, 0) is 68.3 Å². The van der Waals surface area contributed by atoms with Gasteiger partial charge in [-0.25, -0.2) is 13.8 Å². The fourth-order valence-corrected chi connectivity index (χ4v) is 4.72. The number of pyridine rings is 1. The number of benzene rings is 3. The minimum atomic E-state index is -0.906. The van der Waals surface area contributed by atoms with E-state index >= 15 is 0 Å². The summed E-state index contributed by atoms with van der Waals surface area (Å²) in [5.74, 6) is -1.79. The topological polar surface area (TPSA) is 64.3 Å². The zero-order chi connectivity index (χ0) is 25.4. The first-order valence-electron chi connectivity index (χ1n) is 12.3. The monoisotopic (exact) mass is 497 g/mol. The molecule has 3 aliphatic rings. The number of fused-ring (bicyclic) bond motifs is 2. The predicted octanol–water partition coefficient (Wildman–Crippen LogP) is 5.94. The standard InChI is InChI=1S/C29H25F2N5O/c1-18-23(6-4-12-32-18)34-25-16-27-29(17-26(25)33-19-10-13-37-14-11-19)36(20-8-9-21(30)22(31)15-20)28-7-3-2-5-24(28)35-27/h2-9,12,15-17,19,34H,10-11,13-14H2,1H3. The van der Waals surface area contributed by atoms with Gasteiger partial charge in [0.2, 0.25) is 0 Å². The maximum Gasteiger partial charge on any atom is 0.160 e. The molecule has 37 heavy (non-hydrogen) atoms. The SMILES string of the molecule is Cc1ncccc1Nc1cc2nc3ccccc3n(-c3ccc(F)c(F)c3)c-2cc1=NC1CCOCC1. The van der Waals surface area contributed by atoms with E-state index in [1.807, 2.05) is 60.0 Å². The highest BCUT2D eigenvalue weighted by Crippen LogP contribution is 2.31. The molecule has 2 aliphatic heterocycles. The lowest BCUT2D eigenvalue weighted by Crippen LogP contribution is -2.23. The first-order chi connectivity index (χ1) is 18.1. The second-order valence-electron chi connectivity index (χ2n) is 9.13. The average molecular weight is 498 g/mol. The normalized spacial score (nSPS) is 14.9. The molecule has 1 saturated heterocycles. The summed E-state index contributed by atoms with van der Waals surface area (Å²) < 4.78 is 35.6. The number of nitrogens with one attached hydrogen (secondary N) is 1. The summed E-state index contributed by atoms with van der Waals surface area (Å²) in [6, 6.07) is 19.5. The minimum Gasteiger partial charge on any atom is -0.381 e. The van der Waals surface area contributed by atoms with Crippen molar-refractivity contribution >= 4 is 22.4 Å². The molecule has 8 heteroatoms. The van der Waals surface area contributed by atoms with E-state index in [2.05, 4.69) is 10.3 Å². The van der Waals surface area contributed by atoms with E-state index in [-0.39, 0.29) is 6.04 Å². The van der Waals surface area contributed by atoms with E-state index in [1.165, 1.54) is 6.07 Å². The fraction of sp³-hybridized carbons (Fsp3) is 0.207. The summed E-state index contributed by atoms with van der Waals surface area (Å²) in [4.78, 5) is 14.4. The van der Waals surface area contributed by atoms with E-state index in [9.17, 15) is 8.78 Å². The van der Waals surface area contributed by atoms with Crippen LogP contribution in [0, 0.1) is 18.6 Å². The van der Waals surface area contributed by atoms with Crippen molar-refractivity contribution in [1.29, 1.82) is 0 Å². The molecule has 0 radical (unpaired) electrons. The van der Waals surface area contributed by atoms with Crippen molar-refractivity contribution in [3.63, 3.8) is 0 Å². The van der Waals surface area contributed by atoms with Crippen LogP contribution in [0.1, 0.15) is 18.5 Å². The molecule has 3 heterocycles. The van der Waals surface area contributed by atoms with Crippen molar-refractivity contribution in [3.05, 3.63) is 95.6 Å². The highest BCUT2D eigenvalue weighted by molar-refractivity contribution is 5.84. The van der Waals surface area contributed by atoms with Gasteiger partial charge in [-0.1, -0.05) is 12.1 Å². The third-order valence-corrected chi connectivity index (χ3v) is 6.65. The van der Waals surface area contributed by atoms with Gasteiger partial charge in [-0.2, -0.15) is 0 Å². The van der Waals surface area contributed by atoms with Crippen molar-refractivity contribution < 1.29 is 13.5 Å². The van der Waals surface area contributed by atoms with Gasteiger partial charge >= 0.3 is 0 Å². The van der Waals surface area contributed by atoms with Crippen LogP contribution in [-0.4, -0.2) is 33.8 Å². The number of para-hydroxylation sites is 2. The molecule has 0 amide bonds. The van der Waals surface area contributed by atoms with E-state index in [0.717, 1.165) is 58.1 Å². The van der Waals surface area contributed by atoms with E-state index in [1.54, 1.807) is 12.3 Å². The maximum atomic E-state index is 14.3. The number of halogens is 2. The van der Waals surface area contributed by atoms with Gasteiger partial charge in [0.05, 0.1) is 50.9 Å². The van der Waals surface area contributed by atoms with Crippen LogP contribution in [0.25, 0.3) is 28.1 Å². The second kappa shape index (κ2) is 9.71. The molecule has 0 saturated carbocycles. The van der Waals surface area contributed by atoms with Gasteiger partial charge in [0.1, 0.15) is 0 Å². The van der Waals surface area contributed by atoms with Crippen molar-refractivity contribution in [2.24, 2.45) is 4.99 Å². The van der Waals surface area contributed by atoms with Gasteiger partial charge in [0.25, 0.3) is 0 Å². The number of hydrogen-bond donors (Lipinski definition) is 1. The average Bonchev–Trinajstić information content (AvgIpc) is 2.91. The van der Waals surface area contributed by atoms with Crippen molar-refractivity contribution in [2.75, 3.05) is 18.5 Å². The van der Waals surface area contributed by atoms with Crippen LogP contribution in [0.15, 0.2) is 77.9 Å². The second-order valence-corrected chi connectivity index (χ2v) is 9.13. The Bertz CT molecular complexity index is 1640. The van der Waals surface area contributed by atoms with Crippen molar-refractivity contribution in [3.8, 4) is 17.1 Å². The van der Waals surface area contributed by atoms with Crippen LogP contribution in [0.2, 0.25) is 0 Å². The van der Waals surface area contributed by atoms with Crippen LogP contribution in [0.5, 0.6) is 0 Å². The minimum absolute atomic E-state index is 0.117. The number of nitrogens with zero attached hydrogens (tertiary/aromatic N) is 4. The summed E-state index contributed by atoms with van der Waals surface area (Å²) in [5.41, 5.74) is 5.99. The number of aryl methyl sites for hydroxylation is 1. The van der Waals surface area contributed by atoms with E-state index in [0.29, 0.717) is 24.6 Å². The Labute approximate surface area is 212 Å². The first kappa shape index (κ1) is 23.2. The molecule has 6 rings (SSSR count). The van der Waals surface area contributed by atoms with Gasteiger partial charge in [0, 0.05) is 31.2 Å². The smallest absolute Gasteiger partial charge is 0.160 e. The van der Waals surface area contributed by atoms with Crippen LogP contribution >= 0.6 is 0 Å². The van der Waals surface area contributed by atoms with Crippen LogP contribution < -0.4 is 10.7 Å². The lowest BCUT2D eigenvalue weighted by Gasteiger charge is -2.22. The van der Waals surface area contributed by atoms with E-state index in [4.69, 9.17) is 14.7 Å². The third kappa shape index (κ3) is 4.56. The number of ether oxygens (including phenoxy) is 1. The molecule has 1 aliphatic carbocycles. The molecular weight excluding hydrogens is 472 g/mol. The summed E-state index contributed by atoms with van der Waals surface area (Å²) in [6.45, 7) is 3.29. The van der Waals surface area contributed by atoms with Gasteiger partial charge in [-0.3, -0.25) is 9.98 Å². The number of anilines is 2. The molecule has 2 aromatic carbocycles. The highest BCUT2D eigenvalue weighted by Gasteiger charge is 2.19. The van der Waals surface area contributed by atoms with Gasteiger partial charge in [-0.15, -0.1) is 0 Å². The lowest BCUT2D eigenvalue weighted by atomic mass is 10.1. The molecule has 6 nitrogen and oxygen atoms in total. The molecular formula is C29H25F2N5O. The fourth-order valence-electron chi connectivity index (χ4n) is 4.72. The zero-order valence-electron chi connectivity index (χ0n) is 20.3. The Morgan fingerprint density at radius 1 is 0.946 bits per heavy atom. The van der Waals surface area contributed by atoms with Gasteiger partial charge < -0.3 is 14.6 Å². The summed E-state index contributed by atoms with van der Waals surface area (Å²) in [6.07, 6.45) is 3.43. The third-order valence-electron chi connectivity index (χ3n) is 6.65. The molecule has 0 unspecified atom stereocenters. The van der Waals surface area contributed by atoms with Crippen molar-refractivity contribution in [1.82, 2.24) is 14.5 Å². The zero-order valence-corrected chi connectivity index (χ0v) is 20.3. The molecule has 0 spiro atoms. The number of rotatable bonds is 4. The Kier molecular flexibility index (Phi) is 6.10. The maximum absolute atomic E-state index is 14.3. The van der Waals surface area contributed by atoms with Crippen LogP contribution in [0.3, 0.4) is 0 Å². The largest absolute Gasteiger partial charge is 0.381 e. The summed E-state index contributed by atoms with van der Waals surface area (Å²) >= 11 is 0. The van der Waals surface area contributed by atoms with Crippen LogP contribution in [-0.2, 0) is 4.74 Å². The molecule has 1 fully saturated rings. The Balaban J connectivity index is 1.64. The number of aromatic nitrogens is 3. The molecule has 1 aromatic heterocycles. The lowest BCUT2D eigenvalue weighted by molar-refractivity contribution is 0.0864. The molecule has 0 atom stereocenters. The Morgan fingerprint density at radius 2 is 1.78 bits per heavy atom. The number of hydrogen-bond acceptors (Lipinski definition) is 5. The molecule has 1 N–H and O–H groups in total. The molecule has 0 bridgehead atoms. The van der Waals surface area contributed by atoms with Gasteiger partial charge in [0.15, 0.2) is 11.6 Å². The molecule has 186 valence electrons. The first-order valence-corrected chi connectivity index (χ1v) is 12.3. The summed E-state index contributed by atoms with van der Waals surface area (Å²) in [5, 5.41) is 4.26. The quantitative estimate of drug-likeness (QED) is 0.313.